The largest absolute Gasteiger partial charge is 0.507 e. The second-order valence-corrected chi connectivity index (χ2v) is 15.0. The maximum atomic E-state index is 11.6. The zero-order valence-electron chi connectivity index (χ0n) is 30.9. The minimum Gasteiger partial charge on any atom is -0.507 e. The van der Waals surface area contributed by atoms with Crippen LogP contribution in [0.2, 0.25) is 0 Å². The highest BCUT2D eigenvalue weighted by molar-refractivity contribution is 5.54. The molecule has 0 fully saturated rings. The fourth-order valence-corrected chi connectivity index (χ4v) is 7.85. The summed E-state index contributed by atoms with van der Waals surface area (Å²) in [6.07, 6.45) is 1.05. The molecule has 0 radical (unpaired) electrons. The zero-order chi connectivity index (χ0) is 36.7. The molecular formula is C44H50N2O5. The highest BCUT2D eigenvalue weighted by Gasteiger charge is 2.21. The molecule has 0 amide bonds. The lowest BCUT2D eigenvalue weighted by Gasteiger charge is -2.23. The molecule has 1 aliphatic heterocycles. The molecule has 7 heteroatoms. The van der Waals surface area contributed by atoms with Gasteiger partial charge in [-0.3, -0.25) is 9.80 Å². The van der Waals surface area contributed by atoms with Gasteiger partial charge in [0, 0.05) is 67.7 Å². The van der Waals surface area contributed by atoms with Gasteiger partial charge in [-0.05, 0) is 82.1 Å². The third-order valence-electron chi connectivity index (χ3n) is 9.96. The van der Waals surface area contributed by atoms with E-state index in [-0.39, 0.29) is 28.7 Å². The molecule has 0 aliphatic carbocycles. The lowest BCUT2D eigenvalue weighted by Crippen LogP contribution is -2.18. The van der Waals surface area contributed by atoms with Crippen LogP contribution in [0.5, 0.6) is 28.7 Å². The molecule has 0 saturated carbocycles. The van der Waals surface area contributed by atoms with Gasteiger partial charge in [0.1, 0.15) is 28.7 Å². The number of phenolic OH excluding ortho intramolecular Hbond substituents is 5. The Bertz CT molecular complexity index is 1990. The standard InChI is InChI=1S/C44H50N2O5/c1-25-8-30-18-32-10-26(2)14-36(41(32)48)21-45(6)23-38-16-28(4)12-34(43(38)50)20-35-13-29(5)17-39(44(35)51)24-46(7)22-37-15-27(3)11-33(42(37)49)19-31(9-25)40(30)47/h8-17,47-51H,18-24H2,1-7H3. The van der Waals surface area contributed by atoms with E-state index in [9.17, 15) is 25.5 Å². The number of nitrogens with zero attached hydrogens (tertiary/aromatic N) is 2. The summed E-state index contributed by atoms with van der Waals surface area (Å²) >= 11 is 0. The lowest BCUT2D eigenvalue weighted by molar-refractivity contribution is 0.305. The Morgan fingerprint density at radius 1 is 0.314 bits per heavy atom. The highest BCUT2D eigenvalue weighted by Crippen LogP contribution is 2.37. The summed E-state index contributed by atoms with van der Waals surface area (Å²) in [6, 6.07) is 19.7. The summed E-state index contributed by atoms with van der Waals surface area (Å²) in [5, 5.41) is 57.8. The maximum Gasteiger partial charge on any atom is 0.123 e. The second kappa shape index (κ2) is 14.3. The summed E-state index contributed by atoms with van der Waals surface area (Å²) in [5.41, 5.74) is 12.4. The van der Waals surface area contributed by atoms with Crippen LogP contribution in [0, 0.1) is 34.6 Å². The molecule has 0 atom stereocenters. The fraction of sp³-hybridized carbons (Fsp3) is 0.318. The number of hydrogen-bond donors (Lipinski definition) is 5. The van der Waals surface area contributed by atoms with Crippen LogP contribution in [0.1, 0.15) is 83.5 Å². The number of phenols is 5. The van der Waals surface area contributed by atoms with Gasteiger partial charge < -0.3 is 25.5 Å². The third kappa shape index (κ3) is 7.85. The van der Waals surface area contributed by atoms with E-state index in [1.165, 1.54) is 0 Å². The van der Waals surface area contributed by atoms with Gasteiger partial charge in [-0.2, -0.15) is 0 Å². The number of benzene rings is 5. The van der Waals surface area contributed by atoms with Crippen molar-refractivity contribution in [2.45, 2.75) is 80.1 Å². The Balaban J connectivity index is 1.48. The zero-order valence-corrected chi connectivity index (χ0v) is 30.9. The first kappa shape index (κ1) is 35.8. The van der Waals surface area contributed by atoms with E-state index in [0.717, 1.165) is 72.3 Å². The minimum absolute atomic E-state index is 0.158. The summed E-state index contributed by atoms with van der Waals surface area (Å²) < 4.78 is 0. The first-order chi connectivity index (χ1) is 24.1. The van der Waals surface area contributed by atoms with E-state index in [4.69, 9.17) is 0 Å². The minimum atomic E-state index is 0.158. The number of fused-ring (bicyclic) bond motifs is 10. The van der Waals surface area contributed by atoms with E-state index >= 15 is 0 Å². The van der Waals surface area contributed by atoms with Crippen LogP contribution < -0.4 is 0 Å². The maximum absolute atomic E-state index is 11.6. The van der Waals surface area contributed by atoms with E-state index in [2.05, 4.69) is 9.80 Å². The van der Waals surface area contributed by atoms with E-state index in [1.54, 1.807) is 0 Å². The van der Waals surface area contributed by atoms with Crippen molar-refractivity contribution in [1.29, 1.82) is 0 Å². The van der Waals surface area contributed by atoms with Gasteiger partial charge in [-0.15, -0.1) is 0 Å². The first-order valence-electron chi connectivity index (χ1n) is 17.6. The van der Waals surface area contributed by atoms with Crippen LogP contribution in [-0.2, 0) is 45.4 Å². The average Bonchev–Trinajstić information content (AvgIpc) is 3.03. The molecule has 5 aromatic carbocycles. The second-order valence-electron chi connectivity index (χ2n) is 15.0. The molecule has 0 unspecified atom stereocenters. The number of hydrogen-bond acceptors (Lipinski definition) is 7. The molecule has 266 valence electrons. The Morgan fingerprint density at radius 3 is 0.667 bits per heavy atom. The normalized spacial score (nSPS) is 14.6. The Labute approximate surface area is 301 Å². The smallest absolute Gasteiger partial charge is 0.123 e. The SMILES string of the molecule is Cc1cc2c(O)c(c1)Cc1cc(C)cc(c1O)CN(C)Cc1cc(C)cc(c1O)Cc1cc(C)cc(c1O)CN(C)Cc1cc(C)cc(c1O)C2. The molecule has 5 aromatic rings. The molecule has 0 saturated heterocycles. The van der Waals surface area contributed by atoms with Crippen LogP contribution in [0.4, 0.5) is 0 Å². The van der Waals surface area contributed by atoms with Crippen LogP contribution in [0.3, 0.4) is 0 Å². The van der Waals surface area contributed by atoms with Crippen molar-refractivity contribution in [2.24, 2.45) is 0 Å². The molecular weight excluding hydrogens is 636 g/mol. The molecule has 0 spiro atoms. The van der Waals surface area contributed by atoms with Crippen LogP contribution in [0.25, 0.3) is 0 Å². The predicted molar refractivity (Wildman–Crippen MR) is 203 cm³/mol. The number of aromatic hydroxyl groups is 5. The van der Waals surface area contributed by atoms with Gasteiger partial charge in [0.2, 0.25) is 0 Å². The van der Waals surface area contributed by atoms with Gasteiger partial charge in [-0.25, -0.2) is 0 Å². The Hall–Kier alpha value is -4.98. The molecule has 5 N–H and O–H groups in total. The summed E-state index contributed by atoms with van der Waals surface area (Å²) in [7, 11) is 3.93. The summed E-state index contributed by atoms with van der Waals surface area (Å²) in [5.74, 6) is 0.938. The fourth-order valence-electron chi connectivity index (χ4n) is 7.85. The van der Waals surface area contributed by atoms with Crippen molar-refractivity contribution in [3.63, 3.8) is 0 Å². The third-order valence-corrected chi connectivity index (χ3v) is 9.96. The predicted octanol–water partition coefficient (Wildman–Crippen LogP) is 8.11. The van der Waals surface area contributed by atoms with Gasteiger partial charge in [0.15, 0.2) is 0 Å². The van der Waals surface area contributed by atoms with Crippen molar-refractivity contribution < 1.29 is 25.5 Å². The molecule has 1 aliphatic rings. The summed E-state index contributed by atoms with van der Waals surface area (Å²) in [6.45, 7) is 11.8. The molecule has 51 heavy (non-hydrogen) atoms. The van der Waals surface area contributed by atoms with E-state index in [0.29, 0.717) is 56.6 Å². The average molecular weight is 687 g/mol. The first-order valence-corrected chi connectivity index (χ1v) is 17.6. The van der Waals surface area contributed by atoms with Crippen molar-refractivity contribution >= 4 is 0 Å². The van der Waals surface area contributed by atoms with Gasteiger partial charge in [-0.1, -0.05) is 88.5 Å². The van der Waals surface area contributed by atoms with Crippen molar-refractivity contribution in [3.05, 3.63) is 144 Å². The molecule has 0 aromatic heterocycles. The Morgan fingerprint density at radius 2 is 0.471 bits per heavy atom. The lowest BCUT2D eigenvalue weighted by atomic mass is 9.92. The van der Waals surface area contributed by atoms with E-state index < -0.39 is 0 Å². The van der Waals surface area contributed by atoms with Crippen LogP contribution in [-0.4, -0.2) is 49.4 Å². The van der Waals surface area contributed by atoms with Gasteiger partial charge in [0.25, 0.3) is 0 Å². The summed E-state index contributed by atoms with van der Waals surface area (Å²) in [4.78, 5) is 4.13. The molecule has 6 rings (SSSR count). The van der Waals surface area contributed by atoms with Gasteiger partial charge in [0.05, 0.1) is 0 Å². The van der Waals surface area contributed by atoms with Crippen LogP contribution in [0.15, 0.2) is 60.7 Å². The number of aryl methyl sites for hydroxylation is 5. The van der Waals surface area contributed by atoms with Gasteiger partial charge >= 0.3 is 0 Å². The van der Waals surface area contributed by atoms with Crippen molar-refractivity contribution in [2.75, 3.05) is 14.1 Å². The molecule has 7 nitrogen and oxygen atoms in total. The molecule has 10 bridgehead atoms. The van der Waals surface area contributed by atoms with Crippen molar-refractivity contribution in [1.82, 2.24) is 9.80 Å². The monoisotopic (exact) mass is 686 g/mol. The topological polar surface area (TPSA) is 108 Å². The van der Waals surface area contributed by atoms with E-state index in [1.807, 2.05) is 109 Å². The quantitative estimate of drug-likeness (QED) is 0.112. The number of rotatable bonds is 0. The highest BCUT2D eigenvalue weighted by atomic mass is 16.3. The molecule has 1 heterocycles. The Kier molecular flexibility index (Phi) is 10.1. The van der Waals surface area contributed by atoms with Crippen LogP contribution >= 0.6 is 0 Å². The van der Waals surface area contributed by atoms with Crippen molar-refractivity contribution in [3.8, 4) is 28.7 Å².